The van der Waals surface area contributed by atoms with Gasteiger partial charge in [0.15, 0.2) is 5.69 Å². The number of benzene rings is 1. The third kappa shape index (κ3) is 4.39. The van der Waals surface area contributed by atoms with E-state index in [0.29, 0.717) is 17.2 Å². The quantitative estimate of drug-likeness (QED) is 0.663. The van der Waals surface area contributed by atoms with Crippen LogP contribution in [0.5, 0.6) is 0 Å². The predicted octanol–water partition coefficient (Wildman–Crippen LogP) is 3.73. The molecule has 0 saturated heterocycles. The highest BCUT2D eigenvalue weighted by atomic mass is 19.4. The summed E-state index contributed by atoms with van der Waals surface area (Å²) in [6.07, 6.45) is -4.52. The van der Waals surface area contributed by atoms with Crippen molar-refractivity contribution in [2.45, 2.75) is 26.6 Å². The number of carbonyl (C=O) groups is 1. The van der Waals surface area contributed by atoms with Crippen molar-refractivity contribution in [1.29, 1.82) is 0 Å². The fourth-order valence-corrected chi connectivity index (χ4v) is 2.83. The van der Waals surface area contributed by atoms with Gasteiger partial charge in [-0.2, -0.15) is 18.3 Å². The van der Waals surface area contributed by atoms with E-state index in [4.69, 9.17) is 4.42 Å². The SMILES string of the molecule is Cc1ccc(CN(C)C(=O)c2nn(-c3cccc(C(F)(F)F)c3)c(C)cc2=O)o1. The van der Waals surface area contributed by atoms with Crippen molar-refractivity contribution in [3.63, 3.8) is 0 Å². The third-order valence-electron chi connectivity index (χ3n) is 4.26. The Morgan fingerprint density at radius 1 is 1.17 bits per heavy atom. The summed E-state index contributed by atoms with van der Waals surface area (Å²) in [7, 11) is 1.48. The molecule has 2 heterocycles. The number of amides is 1. The van der Waals surface area contributed by atoms with E-state index in [1.807, 2.05) is 0 Å². The summed E-state index contributed by atoms with van der Waals surface area (Å²) >= 11 is 0. The number of nitrogens with zero attached hydrogens (tertiary/aromatic N) is 3. The summed E-state index contributed by atoms with van der Waals surface area (Å²) in [5.41, 5.74) is -1.46. The maximum absolute atomic E-state index is 13.0. The molecule has 2 aromatic heterocycles. The highest BCUT2D eigenvalue weighted by molar-refractivity contribution is 5.91. The number of alkyl halides is 3. The lowest BCUT2D eigenvalue weighted by molar-refractivity contribution is -0.137. The van der Waals surface area contributed by atoms with Crippen LogP contribution in [0.2, 0.25) is 0 Å². The lowest BCUT2D eigenvalue weighted by Crippen LogP contribution is -2.33. The van der Waals surface area contributed by atoms with Crippen LogP contribution in [0.1, 0.15) is 33.3 Å². The molecule has 152 valence electrons. The topological polar surface area (TPSA) is 68.3 Å². The van der Waals surface area contributed by atoms with Gasteiger partial charge in [-0.05, 0) is 44.2 Å². The second-order valence-electron chi connectivity index (χ2n) is 6.63. The van der Waals surface area contributed by atoms with Crippen LogP contribution in [0, 0.1) is 13.8 Å². The Morgan fingerprint density at radius 2 is 1.90 bits per heavy atom. The minimum Gasteiger partial charge on any atom is -0.464 e. The van der Waals surface area contributed by atoms with Crippen LogP contribution in [0.4, 0.5) is 13.2 Å². The smallest absolute Gasteiger partial charge is 0.416 e. The first-order valence-electron chi connectivity index (χ1n) is 8.65. The maximum Gasteiger partial charge on any atom is 0.416 e. The molecular formula is C20H18F3N3O3. The molecular weight excluding hydrogens is 387 g/mol. The summed E-state index contributed by atoms with van der Waals surface area (Å²) in [5.74, 6) is 0.551. The van der Waals surface area contributed by atoms with Gasteiger partial charge in [-0.25, -0.2) is 4.68 Å². The van der Waals surface area contributed by atoms with Gasteiger partial charge in [0.2, 0.25) is 5.43 Å². The molecule has 0 saturated carbocycles. The summed E-state index contributed by atoms with van der Waals surface area (Å²) in [5, 5.41) is 4.05. The van der Waals surface area contributed by atoms with Crippen molar-refractivity contribution in [3.8, 4) is 5.69 Å². The number of aromatic nitrogens is 2. The highest BCUT2D eigenvalue weighted by Crippen LogP contribution is 2.30. The summed E-state index contributed by atoms with van der Waals surface area (Å²) < 4.78 is 45.6. The number of furan rings is 1. The van der Waals surface area contributed by atoms with Crippen LogP contribution in [0.3, 0.4) is 0 Å². The van der Waals surface area contributed by atoms with Crippen molar-refractivity contribution < 1.29 is 22.4 Å². The molecule has 9 heteroatoms. The molecule has 0 radical (unpaired) electrons. The van der Waals surface area contributed by atoms with Crippen molar-refractivity contribution in [2.75, 3.05) is 7.05 Å². The second kappa shape index (κ2) is 7.57. The van der Waals surface area contributed by atoms with Gasteiger partial charge in [0.25, 0.3) is 5.91 Å². The first kappa shape index (κ1) is 20.4. The van der Waals surface area contributed by atoms with Crippen LogP contribution in [0.25, 0.3) is 5.69 Å². The van der Waals surface area contributed by atoms with Gasteiger partial charge >= 0.3 is 6.18 Å². The largest absolute Gasteiger partial charge is 0.464 e. The van der Waals surface area contributed by atoms with Crippen molar-refractivity contribution in [2.24, 2.45) is 0 Å². The highest BCUT2D eigenvalue weighted by Gasteiger charge is 2.30. The Morgan fingerprint density at radius 3 is 2.52 bits per heavy atom. The molecule has 1 aromatic carbocycles. The number of hydrogen-bond acceptors (Lipinski definition) is 4. The molecule has 3 aromatic rings. The number of aryl methyl sites for hydroxylation is 2. The van der Waals surface area contributed by atoms with E-state index in [9.17, 15) is 22.8 Å². The van der Waals surface area contributed by atoms with E-state index in [1.165, 1.54) is 37.1 Å². The van der Waals surface area contributed by atoms with E-state index in [0.717, 1.165) is 16.8 Å². The molecule has 0 fully saturated rings. The van der Waals surface area contributed by atoms with E-state index in [1.54, 1.807) is 19.1 Å². The Hall–Kier alpha value is -3.36. The lowest BCUT2D eigenvalue weighted by atomic mass is 10.2. The Kier molecular flexibility index (Phi) is 5.32. The van der Waals surface area contributed by atoms with Gasteiger partial charge in [0.1, 0.15) is 11.5 Å². The minimum atomic E-state index is -4.52. The van der Waals surface area contributed by atoms with E-state index in [-0.39, 0.29) is 12.2 Å². The van der Waals surface area contributed by atoms with Gasteiger partial charge in [-0.3, -0.25) is 9.59 Å². The zero-order valence-corrected chi connectivity index (χ0v) is 15.9. The van der Waals surface area contributed by atoms with Crippen LogP contribution >= 0.6 is 0 Å². The predicted molar refractivity (Wildman–Crippen MR) is 98.8 cm³/mol. The van der Waals surface area contributed by atoms with Crippen LogP contribution in [-0.2, 0) is 12.7 Å². The van der Waals surface area contributed by atoms with Gasteiger partial charge in [0, 0.05) is 18.8 Å². The molecule has 29 heavy (non-hydrogen) atoms. The third-order valence-corrected chi connectivity index (χ3v) is 4.26. The van der Waals surface area contributed by atoms with Gasteiger partial charge in [0.05, 0.1) is 17.8 Å². The number of halogens is 3. The second-order valence-corrected chi connectivity index (χ2v) is 6.63. The molecule has 0 unspecified atom stereocenters. The standard InChI is InChI=1S/C20H18F3N3O3/c1-12-9-17(27)18(19(28)25(3)11-16-8-7-13(2)29-16)24-26(12)15-6-4-5-14(10-15)20(21,22)23/h4-10H,11H2,1-3H3. The Labute approximate surface area is 164 Å². The van der Waals surface area contributed by atoms with Crippen molar-refractivity contribution >= 4 is 5.91 Å². The molecule has 0 atom stereocenters. The normalized spacial score (nSPS) is 11.5. The van der Waals surface area contributed by atoms with E-state index >= 15 is 0 Å². The number of carbonyl (C=O) groups excluding carboxylic acids is 1. The molecule has 1 amide bonds. The fraction of sp³-hybridized carbons (Fsp3) is 0.250. The summed E-state index contributed by atoms with van der Waals surface area (Å²) in [6, 6.07) is 9.14. The van der Waals surface area contributed by atoms with Gasteiger partial charge in [-0.15, -0.1) is 0 Å². The van der Waals surface area contributed by atoms with E-state index in [2.05, 4.69) is 5.10 Å². The van der Waals surface area contributed by atoms with Gasteiger partial charge < -0.3 is 9.32 Å². The molecule has 0 aliphatic carbocycles. The molecule has 0 spiro atoms. The molecule has 0 aliphatic heterocycles. The van der Waals surface area contributed by atoms with Crippen LogP contribution < -0.4 is 5.43 Å². The molecule has 0 N–H and O–H groups in total. The summed E-state index contributed by atoms with van der Waals surface area (Å²) in [4.78, 5) is 26.3. The number of rotatable bonds is 4. The molecule has 6 nitrogen and oxygen atoms in total. The molecule has 3 rings (SSSR count). The maximum atomic E-state index is 13.0. The zero-order valence-electron chi connectivity index (χ0n) is 15.9. The van der Waals surface area contributed by atoms with E-state index < -0.39 is 28.8 Å². The monoisotopic (exact) mass is 405 g/mol. The molecule has 0 bridgehead atoms. The van der Waals surface area contributed by atoms with Crippen molar-refractivity contribution in [1.82, 2.24) is 14.7 Å². The Balaban J connectivity index is 1.97. The first-order valence-corrected chi connectivity index (χ1v) is 8.65. The average Bonchev–Trinajstić information content (AvgIpc) is 3.05. The fourth-order valence-electron chi connectivity index (χ4n) is 2.83. The van der Waals surface area contributed by atoms with Gasteiger partial charge in [-0.1, -0.05) is 6.07 Å². The summed E-state index contributed by atoms with van der Waals surface area (Å²) in [6.45, 7) is 3.41. The average molecular weight is 405 g/mol. The first-order chi connectivity index (χ1) is 13.6. The minimum absolute atomic E-state index is 0.0932. The zero-order chi connectivity index (χ0) is 21.3. The number of hydrogen-bond donors (Lipinski definition) is 0. The Bertz CT molecular complexity index is 1120. The van der Waals surface area contributed by atoms with Crippen LogP contribution in [-0.4, -0.2) is 27.6 Å². The lowest BCUT2D eigenvalue weighted by Gasteiger charge is -2.17. The van der Waals surface area contributed by atoms with Crippen LogP contribution in [0.15, 0.2) is 51.7 Å². The van der Waals surface area contributed by atoms with Crippen molar-refractivity contribution in [3.05, 3.63) is 81.2 Å². The molecule has 0 aliphatic rings.